The van der Waals surface area contributed by atoms with Crippen LogP contribution in [0.4, 0.5) is 15.8 Å². The number of aromatic nitrogens is 3. The van der Waals surface area contributed by atoms with Gasteiger partial charge in [0.25, 0.3) is 5.56 Å². The number of hydrogen-bond acceptors (Lipinski definition) is 3. The molecule has 6 heteroatoms. The number of aryl methyl sites for hydroxylation is 2. The Bertz CT molecular complexity index is 1190. The van der Waals surface area contributed by atoms with Gasteiger partial charge in [0.1, 0.15) is 11.5 Å². The van der Waals surface area contributed by atoms with Crippen LogP contribution in [-0.4, -0.2) is 15.0 Å². The van der Waals surface area contributed by atoms with Gasteiger partial charge in [-0.15, -0.1) is 0 Å². The normalized spacial score (nSPS) is 11.1. The molecule has 1 aromatic carbocycles. The highest BCUT2D eigenvalue weighted by Gasteiger charge is 2.12. The van der Waals surface area contributed by atoms with E-state index in [2.05, 4.69) is 20.3 Å². The second-order valence-electron chi connectivity index (χ2n) is 6.45. The molecular formula is C21H19FN4O. The molecule has 4 aromatic rings. The first-order valence-corrected chi connectivity index (χ1v) is 8.78. The predicted molar refractivity (Wildman–Crippen MR) is 106 cm³/mol. The standard InChI is InChI=1S/C21H19FN4O/c1-3-17-19(25-18-7-9-24-20-14(18)6-8-23-20)11-15(21(27)26-17)13-4-5-16(22)12(2)10-13/h4-11H,3H2,1-2H3,(H,26,27)(H2,23,24,25). The molecule has 0 saturated heterocycles. The Kier molecular flexibility index (Phi) is 4.24. The number of nitrogens with one attached hydrogen (secondary N) is 3. The molecule has 27 heavy (non-hydrogen) atoms. The summed E-state index contributed by atoms with van der Waals surface area (Å²) in [4.78, 5) is 22.9. The Labute approximate surface area is 155 Å². The fourth-order valence-corrected chi connectivity index (χ4v) is 3.20. The van der Waals surface area contributed by atoms with E-state index in [1.165, 1.54) is 6.07 Å². The number of nitrogens with zero attached hydrogens (tertiary/aromatic N) is 1. The second-order valence-corrected chi connectivity index (χ2v) is 6.45. The monoisotopic (exact) mass is 362 g/mol. The number of H-pyrrole nitrogens is 2. The maximum Gasteiger partial charge on any atom is 0.256 e. The molecule has 3 aromatic heterocycles. The van der Waals surface area contributed by atoms with E-state index in [9.17, 15) is 9.18 Å². The lowest BCUT2D eigenvalue weighted by atomic mass is 10.0. The number of benzene rings is 1. The number of pyridine rings is 2. The summed E-state index contributed by atoms with van der Waals surface area (Å²) >= 11 is 0. The van der Waals surface area contributed by atoms with Gasteiger partial charge in [0, 0.05) is 29.0 Å². The first-order chi connectivity index (χ1) is 13.1. The molecular weight excluding hydrogens is 343 g/mol. The average Bonchev–Trinajstić information content (AvgIpc) is 3.15. The number of fused-ring (bicyclic) bond motifs is 1. The summed E-state index contributed by atoms with van der Waals surface area (Å²) < 4.78 is 13.6. The molecule has 0 bridgehead atoms. The Morgan fingerprint density at radius 1 is 1.15 bits per heavy atom. The second kappa shape index (κ2) is 6.72. The van der Waals surface area contributed by atoms with Crippen molar-refractivity contribution in [3.63, 3.8) is 0 Å². The zero-order valence-corrected chi connectivity index (χ0v) is 15.1. The Morgan fingerprint density at radius 3 is 2.78 bits per heavy atom. The van der Waals surface area contributed by atoms with Gasteiger partial charge >= 0.3 is 0 Å². The first kappa shape index (κ1) is 17.0. The van der Waals surface area contributed by atoms with Crippen LogP contribution in [0.1, 0.15) is 18.2 Å². The third-order valence-electron chi connectivity index (χ3n) is 4.67. The van der Waals surface area contributed by atoms with Gasteiger partial charge < -0.3 is 15.3 Å². The van der Waals surface area contributed by atoms with Gasteiger partial charge in [0.2, 0.25) is 0 Å². The van der Waals surface area contributed by atoms with Crippen LogP contribution in [0.5, 0.6) is 0 Å². The Morgan fingerprint density at radius 2 is 2.00 bits per heavy atom. The molecule has 0 spiro atoms. The van der Waals surface area contributed by atoms with Crippen LogP contribution >= 0.6 is 0 Å². The minimum atomic E-state index is -0.287. The molecule has 0 unspecified atom stereocenters. The van der Waals surface area contributed by atoms with Crippen molar-refractivity contribution in [3.8, 4) is 11.1 Å². The van der Waals surface area contributed by atoms with Gasteiger partial charge in [0.05, 0.1) is 11.4 Å². The zero-order chi connectivity index (χ0) is 19.0. The van der Waals surface area contributed by atoms with Gasteiger partial charge in [-0.25, -0.2) is 9.37 Å². The lowest BCUT2D eigenvalue weighted by Crippen LogP contribution is -2.13. The average molecular weight is 362 g/mol. The van der Waals surface area contributed by atoms with Crippen molar-refractivity contribution in [3.05, 3.63) is 76.2 Å². The maximum absolute atomic E-state index is 13.6. The predicted octanol–water partition coefficient (Wildman–Crippen LogP) is 4.67. The minimum Gasteiger partial charge on any atom is -0.353 e. The molecule has 0 fully saturated rings. The van der Waals surface area contributed by atoms with E-state index in [0.29, 0.717) is 23.1 Å². The summed E-state index contributed by atoms with van der Waals surface area (Å²) in [6, 6.07) is 10.4. The largest absolute Gasteiger partial charge is 0.353 e. The SMILES string of the molecule is CCc1[nH]c(=O)c(-c2ccc(F)c(C)c2)cc1Nc1ccnc2[nH]ccc12. The topological polar surface area (TPSA) is 73.6 Å². The highest BCUT2D eigenvalue weighted by molar-refractivity contribution is 5.91. The lowest BCUT2D eigenvalue weighted by Gasteiger charge is -2.14. The van der Waals surface area contributed by atoms with E-state index < -0.39 is 0 Å². The summed E-state index contributed by atoms with van der Waals surface area (Å²) in [6.45, 7) is 3.67. The van der Waals surface area contributed by atoms with Crippen LogP contribution in [0.2, 0.25) is 0 Å². The van der Waals surface area contributed by atoms with Crippen molar-refractivity contribution >= 4 is 22.4 Å². The highest BCUT2D eigenvalue weighted by atomic mass is 19.1. The van der Waals surface area contributed by atoms with E-state index in [-0.39, 0.29) is 11.4 Å². The van der Waals surface area contributed by atoms with Gasteiger partial charge in [-0.1, -0.05) is 13.0 Å². The fraction of sp³-hybridized carbons (Fsp3) is 0.143. The zero-order valence-electron chi connectivity index (χ0n) is 15.1. The smallest absolute Gasteiger partial charge is 0.256 e. The summed E-state index contributed by atoms with van der Waals surface area (Å²) in [5.74, 6) is -0.287. The minimum absolute atomic E-state index is 0.190. The van der Waals surface area contributed by atoms with E-state index >= 15 is 0 Å². The summed E-state index contributed by atoms with van der Waals surface area (Å²) in [5.41, 5.74) is 4.79. The number of halogens is 1. The van der Waals surface area contributed by atoms with Crippen LogP contribution in [0.15, 0.2) is 53.6 Å². The molecule has 3 N–H and O–H groups in total. The molecule has 0 amide bonds. The molecule has 0 radical (unpaired) electrons. The van der Waals surface area contributed by atoms with E-state index in [0.717, 1.165) is 28.1 Å². The summed E-state index contributed by atoms with van der Waals surface area (Å²) in [7, 11) is 0. The highest BCUT2D eigenvalue weighted by Crippen LogP contribution is 2.28. The van der Waals surface area contributed by atoms with Gasteiger partial charge in [0.15, 0.2) is 0 Å². The van der Waals surface area contributed by atoms with Crippen molar-refractivity contribution in [2.24, 2.45) is 0 Å². The summed E-state index contributed by atoms with van der Waals surface area (Å²) in [6.07, 6.45) is 4.23. The van der Waals surface area contributed by atoms with Crippen molar-refractivity contribution in [2.45, 2.75) is 20.3 Å². The van der Waals surface area contributed by atoms with E-state index in [4.69, 9.17) is 0 Å². The number of anilines is 2. The van der Waals surface area contributed by atoms with Crippen molar-refractivity contribution in [1.29, 1.82) is 0 Å². The van der Waals surface area contributed by atoms with Gasteiger partial charge in [-0.3, -0.25) is 4.79 Å². The van der Waals surface area contributed by atoms with Gasteiger partial charge in [-0.05, 0) is 54.8 Å². The molecule has 4 rings (SSSR count). The van der Waals surface area contributed by atoms with Crippen LogP contribution in [0, 0.1) is 12.7 Å². The number of hydrogen-bond donors (Lipinski definition) is 3. The maximum atomic E-state index is 13.6. The third-order valence-corrected chi connectivity index (χ3v) is 4.67. The van der Waals surface area contributed by atoms with Crippen molar-refractivity contribution in [2.75, 3.05) is 5.32 Å². The third kappa shape index (κ3) is 3.10. The van der Waals surface area contributed by atoms with Crippen molar-refractivity contribution in [1.82, 2.24) is 15.0 Å². The molecule has 0 atom stereocenters. The molecule has 3 heterocycles. The molecule has 5 nitrogen and oxygen atoms in total. The number of rotatable bonds is 4. The molecule has 0 aliphatic carbocycles. The lowest BCUT2D eigenvalue weighted by molar-refractivity contribution is 0.619. The van der Waals surface area contributed by atoms with E-state index in [1.807, 2.05) is 31.3 Å². The molecule has 0 aliphatic rings. The van der Waals surface area contributed by atoms with E-state index in [1.54, 1.807) is 25.3 Å². The Hall–Kier alpha value is -3.41. The quantitative estimate of drug-likeness (QED) is 0.494. The molecule has 0 aliphatic heterocycles. The first-order valence-electron chi connectivity index (χ1n) is 8.78. The van der Waals surface area contributed by atoms with Crippen LogP contribution < -0.4 is 10.9 Å². The van der Waals surface area contributed by atoms with Crippen LogP contribution in [0.25, 0.3) is 22.2 Å². The number of aromatic amines is 2. The Balaban J connectivity index is 1.83. The van der Waals surface area contributed by atoms with Crippen molar-refractivity contribution < 1.29 is 4.39 Å². The molecule has 136 valence electrons. The van der Waals surface area contributed by atoms with Crippen LogP contribution in [-0.2, 0) is 6.42 Å². The fourth-order valence-electron chi connectivity index (χ4n) is 3.20. The molecule has 0 saturated carbocycles. The van der Waals surface area contributed by atoms with Crippen LogP contribution in [0.3, 0.4) is 0 Å². The van der Waals surface area contributed by atoms with Gasteiger partial charge in [-0.2, -0.15) is 0 Å². The summed E-state index contributed by atoms with van der Waals surface area (Å²) in [5, 5.41) is 4.37.